The molecule has 0 bridgehead atoms. The second-order valence-electron chi connectivity index (χ2n) is 8.05. The molecule has 0 radical (unpaired) electrons. The van der Waals surface area contributed by atoms with Crippen molar-refractivity contribution < 1.29 is 23.8 Å². The summed E-state index contributed by atoms with van der Waals surface area (Å²) in [6.07, 6.45) is -0.398. The normalized spacial score (nSPS) is 35.7. The number of hydrazine groups is 1. The first-order chi connectivity index (χ1) is 15.3. The Labute approximate surface area is 179 Å². The number of hydrogen-bond donors (Lipinski definition) is 3. The van der Waals surface area contributed by atoms with Crippen LogP contribution in [0, 0.1) is 0 Å². The van der Waals surface area contributed by atoms with Crippen LogP contribution in [0.3, 0.4) is 0 Å². The topological polar surface area (TPSA) is 109 Å². The van der Waals surface area contributed by atoms with Gasteiger partial charge in [-0.3, -0.25) is 10.6 Å². The lowest BCUT2D eigenvalue weighted by Crippen LogP contribution is -2.71. The van der Waals surface area contributed by atoms with Gasteiger partial charge in [-0.2, -0.15) is 5.01 Å². The van der Waals surface area contributed by atoms with Crippen molar-refractivity contribution in [2.45, 2.75) is 30.6 Å². The lowest BCUT2D eigenvalue weighted by molar-refractivity contribution is -0.286. The van der Waals surface area contributed by atoms with Gasteiger partial charge >= 0.3 is 12.0 Å². The van der Waals surface area contributed by atoms with Crippen LogP contribution in [0.15, 0.2) is 29.3 Å². The minimum absolute atomic E-state index is 0.324. The molecule has 11 nitrogen and oxygen atoms in total. The van der Waals surface area contributed by atoms with Crippen LogP contribution in [0.25, 0.3) is 0 Å². The lowest BCUT2D eigenvalue weighted by Gasteiger charge is -2.46. The summed E-state index contributed by atoms with van der Waals surface area (Å²) in [6, 6.07) is 8.08. The fraction of sp³-hybridized carbons (Fsp3) is 0.600. The minimum atomic E-state index is -1.32. The second kappa shape index (κ2) is 7.69. The number of fused-ring (bicyclic) bond motifs is 1. The molecule has 4 unspecified atom stereocenters. The van der Waals surface area contributed by atoms with E-state index in [9.17, 15) is 4.79 Å². The molecule has 31 heavy (non-hydrogen) atoms. The van der Waals surface area contributed by atoms with Crippen molar-refractivity contribution in [3.8, 4) is 0 Å². The monoisotopic (exact) mass is 430 g/mol. The number of nitrogens with one attached hydrogen (secondary N) is 3. The largest absolute Gasteiger partial charge is 0.462 e. The fourth-order valence-corrected chi connectivity index (χ4v) is 5.06. The summed E-state index contributed by atoms with van der Waals surface area (Å²) in [5.74, 6) is -0.448. The minimum Gasteiger partial charge on any atom is -0.462 e. The Kier molecular flexibility index (Phi) is 4.82. The second-order valence-corrected chi connectivity index (χ2v) is 8.05. The van der Waals surface area contributed by atoms with Gasteiger partial charge in [-0.25, -0.2) is 9.79 Å². The molecule has 6 rings (SSSR count). The van der Waals surface area contributed by atoms with Crippen LogP contribution in [0.4, 0.5) is 0 Å². The molecule has 5 heterocycles. The number of amidine groups is 1. The number of hydrogen-bond acceptors (Lipinski definition) is 11. The number of ether oxygens (including phenoxy) is 3. The molecular formula is C20H26N6O5. The highest BCUT2D eigenvalue weighted by Gasteiger charge is 2.69. The van der Waals surface area contributed by atoms with E-state index in [0.29, 0.717) is 45.5 Å². The van der Waals surface area contributed by atoms with E-state index < -0.39 is 30.1 Å². The molecule has 5 aliphatic heterocycles. The quantitative estimate of drug-likeness (QED) is 0.543. The van der Waals surface area contributed by atoms with Gasteiger partial charge in [0.2, 0.25) is 11.9 Å². The van der Waals surface area contributed by atoms with Crippen LogP contribution in [0.2, 0.25) is 0 Å². The first-order valence-electron chi connectivity index (χ1n) is 10.8. The molecule has 0 amide bonds. The summed E-state index contributed by atoms with van der Waals surface area (Å²) in [4.78, 5) is 24.3. The molecule has 3 saturated heterocycles. The molecule has 0 saturated carbocycles. The summed E-state index contributed by atoms with van der Waals surface area (Å²) in [5, 5.41) is 13.3. The Balaban J connectivity index is 1.53. The van der Waals surface area contributed by atoms with Crippen molar-refractivity contribution >= 4 is 12.0 Å². The third kappa shape index (κ3) is 2.89. The standard InChI is InChI=1S/C20H26N6O5/c27-17-20(16-22-7-10-28-16,15-14-4-2-1-3-13(14)5-6-21-15)25(18-23-8-11-29-18)26(31-17)19-24-9-12-30-19/h1-4,15-16,19,21-22,24H,5-12H2. The molecule has 5 aliphatic rings. The van der Waals surface area contributed by atoms with Gasteiger partial charge in [0.05, 0.1) is 25.8 Å². The zero-order chi connectivity index (χ0) is 20.8. The molecule has 3 fully saturated rings. The number of carbonyl (C=O) groups is 1. The van der Waals surface area contributed by atoms with E-state index in [0.717, 1.165) is 18.5 Å². The number of rotatable bonds is 3. The van der Waals surface area contributed by atoms with Crippen LogP contribution >= 0.6 is 0 Å². The summed E-state index contributed by atoms with van der Waals surface area (Å²) in [5.41, 5.74) is 0.914. The number of benzene rings is 1. The highest BCUT2D eigenvalue weighted by Crippen LogP contribution is 2.45. The molecule has 166 valence electrons. The highest BCUT2D eigenvalue weighted by molar-refractivity contribution is 5.91. The maximum Gasteiger partial charge on any atom is 0.360 e. The first kappa shape index (κ1) is 19.4. The Hall–Kier alpha value is -2.28. The average molecular weight is 430 g/mol. The first-order valence-corrected chi connectivity index (χ1v) is 10.8. The van der Waals surface area contributed by atoms with Crippen LogP contribution in [0.5, 0.6) is 0 Å². The third-order valence-electron chi connectivity index (χ3n) is 6.36. The van der Waals surface area contributed by atoms with Gasteiger partial charge < -0.3 is 24.4 Å². The van der Waals surface area contributed by atoms with Crippen molar-refractivity contribution in [3.63, 3.8) is 0 Å². The Morgan fingerprint density at radius 2 is 1.90 bits per heavy atom. The summed E-state index contributed by atoms with van der Waals surface area (Å²) in [6.45, 7) is 3.96. The van der Waals surface area contributed by atoms with E-state index in [2.05, 4.69) is 33.1 Å². The van der Waals surface area contributed by atoms with Gasteiger partial charge in [-0.15, -0.1) is 0 Å². The smallest absolute Gasteiger partial charge is 0.360 e. The van der Waals surface area contributed by atoms with E-state index in [4.69, 9.17) is 19.0 Å². The maximum atomic E-state index is 13.9. The van der Waals surface area contributed by atoms with E-state index in [1.165, 1.54) is 10.7 Å². The predicted molar refractivity (Wildman–Crippen MR) is 107 cm³/mol. The van der Waals surface area contributed by atoms with E-state index >= 15 is 0 Å². The number of carbonyl (C=O) groups excluding carboxylic acids is 1. The van der Waals surface area contributed by atoms with Crippen LogP contribution in [0.1, 0.15) is 17.2 Å². The van der Waals surface area contributed by atoms with E-state index in [1.807, 2.05) is 12.1 Å². The summed E-state index contributed by atoms with van der Waals surface area (Å²) >= 11 is 0. The van der Waals surface area contributed by atoms with Crippen LogP contribution < -0.4 is 16.0 Å². The van der Waals surface area contributed by atoms with Crippen molar-refractivity contribution in [2.75, 3.05) is 46.0 Å². The molecule has 0 spiro atoms. The number of nitrogens with zero attached hydrogens (tertiary/aromatic N) is 3. The van der Waals surface area contributed by atoms with Gasteiger partial charge in [0.25, 0.3) is 0 Å². The molecule has 0 aliphatic carbocycles. The number of aliphatic imine (C=N–C) groups is 1. The molecule has 3 N–H and O–H groups in total. The number of hydroxylamine groups is 1. The summed E-state index contributed by atoms with van der Waals surface area (Å²) in [7, 11) is 0. The zero-order valence-electron chi connectivity index (χ0n) is 17.1. The molecular weight excluding hydrogens is 404 g/mol. The predicted octanol–water partition coefficient (Wildman–Crippen LogP) is -1.16. The molecule has 0 aromatic heterocycles. The Morgan fingerprint density at radius 3 is 2.68 bits per heavy atom. The van der Waals surface area contributed by atoms with Crippen molar-refractivity contribution in [1.29, 1.82) is 0 Å². The van der Waals surface area contributed by atoms with Crippen molar-refractivity contribution in [2.24, 2.45) is 4.99 Å². The summed E-state index contributed by atoms with van der Waals surface area (Å²) < 4.78 is 17.8. The maximum absolute atomic E-state index is 13.9. The molecule has 1 aromatic carbocycles. The zero-order valence-corrected chi connectivity index (χ0v) is 17.1. The van der Waals surface area contributed by atoms with Crippen molar-refractivity contribution in [3.05, 3.63) is 35.4 Å². The van der Waals surface area contributed by atoms with Gasteiger partial charge in [-0.1, -0.05) is 24.3 Å². The van der Waals surface area contributed by atoms with E-state index in [1.54, 1.807) is 5.01 Å². The Morgan fingerprint density at radius 1 is 1.03 bits per heavy atom. The highest BCUT2D eigenvalue weighted by atomic mass is 16.8. The van der Waals surface area contributed by atoms with E-state index in [-0.39, 0.29) is 0 Å². The van der Waals surface area contributed by atoms with Crippen LogP contribution in [-0.2, 0) is 30.3 Å². The SMILES string of the molecule is O=C1ON(C2NCCO2)N(C2=NCCO2)C1(C1NCCO1)C1NCCc2ccccc21. The fourth-order valence-electron chi connectivity index (χ4n) is 5.06. The lowest BCUT2D eigenvalue weighted by atomic mass is 9.78. The Bertz CT molecular complexity index is 887. The molecule has 11 heteroatoms. The third-order valence-corrected chi connectivity index (χ3v) is 6.36. The molecule has 1 aromatic rings. The molecule has 4 atom stereocenters. The van der Waals surface area contributed by atoms with Gasteiger partial charge in [0, 0.05) is 18.3 Å². The van der Waals surface area contributed by atoms with Gasteiger partial charge in [-0.05, 0) is 24.1 Å². The van der Waals surface area contributed by atoms with Crippen molar-refractivity contribution in [1.82, 2.24) is 26.1 Å². The van der Waals surface area contributed by atoms with Gasteiger partial charge in [0.15, 0.2) is 0 Å². The van der Waals surface area contributed by atoms with Crippen LogP contribution in [-0.4, -0.2) is 86.3 Å². The average Bonchev–Trinajstić information content (AvgIpc) is 3.60. The van der Waals surface area contributed by atoms with Gasteiger partial charge in [0.1, 0.15) is 12.8 Å².